The molecule has 0 aromatic heterocycles. The molecule has 0 saturated carbocycles. The highest BCUT2D eigenvalue weighted by Gasteiger charge is 2.30. The van der Waals surface area contributed by atoms with E-state index in [1.54, 1.807) is 6.07 Å². The monoisotopic (exact) mass is 270 g/mol. The molecule has 0 saturated heterocycles. The Morgan fingerprint density at radius 2 is 2.05 bits per heavy atom. The Balaban J connectivity index is 1.99. The van der Waals surface area contributed by atoms with Gasteiger partial charge in [-0.05, 0) is 54.2 Å². The molecule has 2 aromatic carbocycles. The van der Waals surface area contributed by atoms with Crippen LogP contribution in [-0.2, 0) is 6.42 Å². The fourth-order valence-corrected chi connectivity index (χ4v) is 3.35. The molecule has 2 unspecified atom stereocenters. The first-order chi connectivity index (χ1) is 9.70. The molecule has 1 aliphatic carbocycles. The minimum atomic E-state index is -0.200. The molecule has 20 heavy (non-hydrogen) atoms. The Morgan fingerprint density at radius 3 is 2.80 bits per heavy atom. The van der Waals surface area contributed by atoms with Crippen LogP contribution in [0.3, 0.4) is 0 Å². The van der Waals surface area contributed by atoms with Crippen molar-refractivity contribution in [3.05, 3.63) is 70.5 Å². The van der Waals surface area contributed by atoms with Gasteiger partial charge in [-0.3, -0.25) is 11.3 Å². The van der Waals surface area contributed by atoms with Crippen molar-refractivity contribution < 1.29 is 4.39 Å². The smallest absolute Gasteiger partial charge is 0.123 e. The Bertz CT molecular complexity index is 624. The molecule has 104 valence electrons. The Kier molecular flexibility index (Phi) is 3.55. The van der Waals surface area contributed by atoms with Crippen molar-refractivity contribution in [2.45, 2.75) is 31.7 Å². The topological polar surface area (TPSA) is 38.0 Å². The van der Waals surface area contributed by atoms with Crippen molar-refractivity contribution in [3.8, 4) is 0 Å². The van der Waals surface area contributed by atoms with E-state index >= 15 is 0 Å². The third kappa shape index (κ3) is 2.23. The van der Waals surface area contributed by atoms with Gasteiger partial charge in [0.15, 0.2) is 0 Å². The number of rotatable bonds is 3. The summed E-state index contributed by atoms with van der Waals surface area (Å²) < 4.78 is 13.3. The largest absolute Gasteiger partial charge is 0.271 e. The van der Waals surface area contributed by atoms with E-state index in [4.69, 9.17) is 5.84 Å². The van der Waals surface area contributed by atoms with E-state index < -0.39 is 0 Å². The number of aryl methyl sites for hydroxylation is 2. The van der Waals surface area contributed by atoms with Gasteiger partial charge < -0.3 is 0 Å². The minimum Gasteiger partial charge on any atom is -0.271 e. The second-order valence-electron chi connectivity index (χ2n) is 5.49. The van der Waals surface area contributed by atoms with Gasteiger partial charge in [-0.25, -0.2) is 4.39 Å². The highest BCUT2D eigenvalue weighted by Crippen LogP contribution is 2.41. The third-order valence-corrected chi connectivity index (χ3v) is 4.33. The average molecular weight is 270 g/mol. The lowest BCUT2D eigenvalue weighted by atomic mass is 9.87. The first-order valence-corrected chi connectivity index (χ1v) is 7.00. The van der Waals surface area contributed by atoms with Crippen molar-refractivity contribution in [2.75, 3.05) is 0 Å². The van der Waals surface area contributed by atoms with E-state index in [9.17, 15) is 4.39 Å². The first kappa shape index (κ1) is 13.3. The SMILES string of the molecule is Cc1cc(F)ccc1C(NN)C1CCc2ccccc21. The van der Waals surface area contributed by atoms with Crippen LogP contribution in [0.5, 0.6) is 0 Å². The van der Waals surface area contributed by atoms with Crippen LogP contribution in [0.25, 0.3) is 0 Å². The molecule has 3 heteroatoms. The van der Waals surface area contributed by atoms with Gasteiger partial charge in [0, 0.05) is 5.92 Å². The van der Waals surface area contributed by atoms with Crippen molar-refractivity contribution >= 4 is 0 Å². The van der Waals surface area contributed by atoms with E-state index in [0.29, 0.717) is 5.92 Å². The number of nitrogens with two attached hydrogens (primary N) is 1. The van der Waals surface area contributed by atoms with E-state index in [-0.39, 0.29) is 11.9 Å². The van der Waals surface area contributed by atoms with E-state index in [1.165, 1.54) is 17.2 Å². The van der Waals surface area contributed by atoms with Crippen LogP contribution in [0.15, 0.2) is 42.5 Å². The molecule has 1 aliphatic rings. The van der Waals surface area contributed by atoms with Crippen molar-refractivity contribution in [1.29, 1.82) is 0 Å². The molecule has 0 radical (unpaired) electrons. The standard InChI is InChI=1S/C17H19FN2/c1-11-10-13(18)7-9-14(11)17(20-19)16-8-6-12-4-2-3-5-15(12)16/h2-5,7,9-10,16-17,20H,6,8,19H2,1H3. The van der Waals surface area contributed by atoms with Crippen LogP contribution < -0.4 is 11.3 Å². The molecule has 2 atom stereocenters. The predicted octanol–water partition coefficient (Wildman–Crippen LogP) is 3.37. The number of fused-ring (bicyclic) bond motifs is 1. The molecule has 0 bridgehead atoms. The molecule has 3 N–H and O–H groups in total. The van der Waals surface area contributed by atoms with Crippen LogP contribution in [0.2, 0.25) is 0 Å². The van der Waals surface area contributed by atoms with E-state index in [1.807, 2.05) is 13.0 Å². The Hall–Kier alpha value is -1.71. The van der Waals surface area contributed by atoms with Gasteiger partial charge in [0.1, 0.15) is 5.82 Å². The lowest BCUT2D eigenvalue weighted by Gasteiger charge is -2.25. The van der Waals surface area contributed by atoms with Gasteiger partial charge >= 0.3 is 0 Å². The fourth-order valence-electron chi connectivity index (χ4n) is 3.35. The minimum absolute atomic E-state index is 0.0271. The van der Waals surface area contributed by atoms with Gasteiger partial charge in [0.25, 0.3) is 0 Å². The molecular weight excluding hydrogens is 251 g/mol. The van der Waals surface area contributed by atoms with Crippen LogP contribution >= 0.6 is 0 Å². The third-order valence-electron chi connectivity index (χ3n) is 4.33. The zero-order valence-electron chi connectivity index (χ0n) is 11.6. The average Bonchev–Trinajstić information content (AvgIpc) is 2.86. The summed E-state index contributed by atoms with van der Waals surface area (Å²) in [6, 6.07) is 13.5. The fraction of sp³-hybridized carbons (Fsp3) is 0.294. The first-order valence-electron chi connectivity index (χ1n) is 7.00. The quantitative estimate of drug-likeness (QED) is 0.663. The number of nitrogens with one attached hydrogen (secondary N) is 1. The summed E-state index contributed by atoms with van der Waals surface area (Å²) in [5, 5.41) is 0. The number of halogens is 1. The summed E-state index contributed by atoms with van der Waals surface area (Å²) in [6.45, 7) is 1.93. The molecule has 0 fully saturated rings. The van der Waals surface area contributed by atoms with Crippen LogP contribution in [0.4, 0.5) is 4.39 Å². The number of benzene rings is 2. The zero-order valence-corrected chi connectivity index (χ0v) is 11.6. The number of hydrogen-bond donors (Lipinski definition) is 2. The van der Waals surface area contributed by atoms with Gasteiger partial charge in [0.05, 0.1) is 6.04 Å². The maximum atomic E-state index is 13.3. The van der Waals surface area contributed by atoms with Gasteiger partial charge in [-0.15, -0.1) is 0 Å². The van der Waals surface area contributed by atoms with E-state index in [2.05, 4.69) is 29.7 Å². The molecule has 0 spiro atoms. The second-order valence-corrected chi connectivity index (χ2v) is 5.49. The molecular formula is C17H19FN2. The molecule has 0 amide bonds. The van der Waals surface area contributed by atoms with E-state index in [0.717, 1.165) is 24.0 Å². The lowest BCUT2D eigenvalue weighted by Crippen LogP contribution is -2.32. The van der Waals surface area contributed by atoms with Crippen LogP contribution in [-0.4, -0.2) is 0 Å². The van der Waals surface area contributed by atoms with Crippen molar-refractivity contribution in [1.82, 2.24) is 5.43 Å². The molecule has 3 rings (SSSR count). The summed E-state index contributed by atoms with van der Waals surface area (Å²) in [4.78, 5) is 0. The maximum Gasteiger partial charge on any atom is 0.123 e. The maximum absolute atomic E-state index is 13.3. The number of hydrazine groups is 1. The predicted molar refractivity (Wildman–Crippen MR) is 78.7 cm³/mol. The highest BCUT2D eigenvalue weighted by atomic mass is 19.1. The summed E-state index contributed by atoms with van der Waals surface area (Å²) in [6.07, 6.45) is 2.16. The van der Waals surface area contributed by atoms with Gasteiger partial charge in [-0.2, -0.15) is 0 Å². The Morgan fingerprint density at radius 1 is 1.25 bits per heavy atom. The van der Waals surface area contributed by atoms with Crippen molar-refractivity contribution in [3.63, 3.8) is 0 Å². The number of hydrogen-bond acceptors (Lipinski definition) is 2. The summed E-state index contributed by atoms with van der Waals surface area (Å²) in [7, 11) is 0. The highest BCUT2D eigenvalue weighted by molar-refractivity contribution is 5.40. The molecule has 0 heterocycles. The molecule has 0 aliphatic heterocycles. The zero-order chi connectivity index (χ0) is 14.1. The van der Waals surface area contributed by atoms with Gasteiger partial charge in [0.2, 0.25) is 0 Å². The molecule has 2 nitrogen and oxygen atoms in total. The Labute approximate surface area is 118 Å². The van der Waals surface area contributed by atoms with Crippen molar-refractivity contribution in [2.24, 2.45) is 5.84 Å². The normalized spacial score (nSPS) is 18.9. The summed E-state index contributed by atoms with van der Waals surface area (Å²) in [5.74, 6) is 5.95. The van der Waals surface area contributed by atoms with Crippen LogP contribution in [0, 0.1) is 12.7 Å². The second kappa shape index (κ2) is 5.35. The molecule has 2 aromatic rings. The summed E-state index contributed by atoms with van der Waals surface area (Å²) in [5.41, 5.74) is 7.72. The van der Waals surface area contributed by atoms with Crippen LogP contribution in [0.1, 0.15) is 40.6 Å². The van der Waals surface area contributed by atoms with Gasteiger partial charge in [-0.1, -0.05) is 30.3 Å². The summed E-state index contributed by atoms with van der Waals surface area (Å²) >= 11 is 0. The lowest BCUT2D eigenvalue weighted by molar-refractivity contribution is 0.450.